The number of carbonyl (C=O) groups is 1. The summed E-state index contributed by atoms with van der Waals surface area (Å²) in [5, 5.41) is 0. The Bertz CT molecular complexity index is 645. The van der Waals surface area contributed by atoms with E-state index in [2.05, 4.69) is 0 Å². The summed E-state index contributed by atoms with van der Waals surface area (Å²) in [6.07, 6.45) is 0. The molecule has 2 rings (SSSR count). The standard InChI is InChI=1S/C16H14F2O4/c1-20-10-3-5-11(6-4-10)22-9-15(19)16-13(17)7-12(21-2)8-14(16)18/h3-8H,9H2,1-2H3. The largest absolute Gasteiger partial charge is 0.497 e. The van der Waals surface area contributed by atoms with Crippen molar-refractivity contribution in [3.8, 4) is 17.2 Å². The Morgan fingerprint density at radius 3 is 1.91 bits per heavy atom. The summed E-state index contributed by atoms with van der Waals surface area (Å²) in [4.78, 5) is 11.9. The van der Waals surface area contributed by atoms with Crippen LogP contribution in [0.15, 0.2) is 36.4 Å². The molecule has 2 aromatic rings. The van der Waals surface area contributed by atoms with Gasteiger partial charge in [0.25, 0.3) is 0 Å². The lowest BCUT2D eigenvalue weighted by Gasteiger charge is -2.09. The van der Waals surface area contributed by atoms with E-state index >= 15 is 0 Å². The van der Waals surface area contributed by atoms with Crippen LogP contribution in [0.4, 0.5) is 8.78 Å². The Morgan fingerprint density at radius 1 is 0.909 bits per heavy atom. The number of halogens is 2. The number of hydrogen-bond donors (Lipinski definition) is 0. The highest BCUT2D eigenvalue weighted by Crippen LogP contribution is 2.22. The van der Waals surface area contributed by atoms with E-state index in [1.807, 2.05) is 0 Å². The lowest BCUT2D eigenvalue weighted by atomic mass is 10.1. The molecular formula is C16H14F2O4. The highest BCUT2D eigenvalue weighted by atomic mass is 19.1. The third-order valence-electron chi connectivity index (χ3n) is 2.96. The fourth-order valence-corrected chi connectivity index (χ4v) is 1.83. The third-order valence-corrected chi connectivity index (χ3v) is 2.96. The number of Topliss-reactive ketones (excluding diaryl/α,β-unsaturated/α-hetero) is 1. The van der Waals surface area contributed by atoms with Crippen molar-refractivity contribution < 1.29 is 27.8 Å². The maximum absolute atomic E-state index is 13.8. The molecule has 0 bridgehead atoms. The van der Waals surface area contributed by atoms with Crippen LogP contribution in [-0.4, -0.2) is 26.6 Å². The highest BCUT2D eigenvalue weighted by molar-refractivity contribution is 5.97. The number of hydrogen-bond acceptors (Lipinski definition) is 4. The van der Waals surface area contributed by atoms with Crippen molar-refractivity contribution in [1.29, 1.82) is 0 Å². The molecule has 0 atom stereocenters. The molecule has 116 valence electrons. The van der Waals surface area contributed by atoms with Gasteiger partial charge in [-0.2, -0.15) is 0 Å². The second kappa shape index (κ2) is 6.89. The molecule has 0 fully saturated rings. The van der Waals surface area contributed by atoms with Crippen molar-refractivity contribution >= 4 is 5.78 Å². The van der Waals surface area contributed by atoms with Crippen molar-refractivity contribution in [3.05, 3.63) is 53.6 Å². The third kappa shape index (κ3) is 3.52. The lowest BCUT2D eigenvalue weighted by molar-refractivity contribution is 0.0913. The predicted octanol–water partition coefficient (Wildman–Crippen LogP) is 3.24. The van der Waals surface area contributed by atoms with E-state index < -0.39 is 29.6 Å². The first-order valence-corrected chi connectivity index (χ1v) is 6.38. The summed E-state index contributed by atoms with van der Waals surface area (Å²) in [5.74, 6) is -1.74. The topological polar surface area (TPSA) is 44.8 Å². The zero-order valence-electron chi connectivity index (χ0n) is 12.1. The Hall–Kier alpha value is -2.63. The first kappa shape index (κ1) is 15.8. The molecule has 0 saturated carbocycles. The van der Waals surface area contributed by atoms with Gasteiger partial charge in [-0.1, -0.05) is 0 Å². The normalized spacial score (nSPS) is 10.2. The summed E-state index contributed by atoms with van der Waals surface area (Å²) in [5.41, 5.74) is -0.644. The number of ether oxygens (including phenoxy) is 3. The molecule has 4 nitrogen and oxygen atoms in total. The Morgan fingerprint density at radius 2 is 1.41 bits per heavy atom. The minimum absolute atomic E-state index is 0.00243. The van der Waals surface area contributed by atoms with E-state index in [0.29, 0.717) is 11.5 Å². The molecule has 0 aliphatic rings. The van der Waals surface area contributed by atoms with Crippen LogP contribution in [-0.2, 0) is 0 Å². The van der Waals surface area contributed by atoms with Crippen LogP contribution in [0.25, 0.3) is 0 Å². The molecule has 22 heavy (non-hydrogen) atoms. The molecule has 0 aromatic heterocycles. The average molecular weight is 308 g/mol. The summed E-state index contributed by atoms with van der Waals surface area (Å²) in [6, 6.07) is 8.37. The van der Waals surface area contributed by atoms with E-state index in [1.54, 1.807) is 24.3 Å². The van der Waals surface area contributed by atoms with Gasteiger partial charge in [-0.05, 0) is 24.3 Å². The van der Waals surface area contributed by atoms with E-state index in [1.165, 1.54) is 14.2 Å². The van der Waals surface area contributed by atoms with Gasteiger partial charge in [0.1, 0.15) is 28.9 Å². The fourth-order valence-electron chi connectivity index (χ4n) is 1.83. The first-order chi connectivity index (χ1) is 10.5. The van der Waals surface area contributed by atoms with Gasteiger partial charge < -0.3 is 14.2 Å². The molecule has 0 saturated heterocycles. The molecule has 6 heteroatoms. The smallest absolute Gasteiger partial charge is 0.206 e. The molecule has 2 aromatic carbocycles. The minimum Gasteiger partial charge on any atom is -0.497 e. The van der Waals surface area contributed by atoms with Crippen LogP contribution in [0.3, 0.4) is 0 Å². The van der Waals surface area contributed by atoms with Crippen LogP contribution in [0.1, 0.15) is 10.4 Å². The second-order valence-electron chi connectivity index (χ2n) is 4.35. The number of benzene rings is 2. The van der Waals surface area contributed by atoms with Gasteiger partial charge in [0, 0.05) is 12.1 Å². The van der Waals surface area contributed by atoms with Crippen molar-refractivity contribution in [1.82, 2.24) is 0 Å². The van der Waals surface area contributed by atoms with Crippen LogP contribution in [0.2, 0.25) is 0 Å². The van der Waals surface area contributed by atoms with Gasteiger partial charge >= 0.3 is 0 Å². The monoisotopic (exact) mass is 308 g/mol. The number of methoxy groups -OCH3 is 2. The average Bonchev–Trinajstić information content (AvgIpc) is 2.52. The molecule has 0 heterocycles. The van der Waals surface area contributed by atoms with E-state index in [0.717, 1.165) is 12.1 Å². The van der Waals surface area contributed by atoms with Gasteiger partial charge in [0.05, 0.1) is 19.8 Å². The summed E-state index contributed by atoms with van der Waals surface area (Å²) < 4.78 is 42.4. The number of rotatable bonds is 6. The molecule has 0 spiro atoms. The zero-order valence-corrected chi connectivity index (χ0v) is 12.1. The Balaban J connectivity index is 2.09. The number of ketones is 1. The minimum atomic E-state index is -0.986. The van der Waals surface area contributed by atoms with Gasteiger partial charge in [0.2, 0.25) is 5.78 Å². The highest BCUT2D eigenvalue weighted by Gasteiger charge is 2.19. The predicted molar refractivity (Wildman–Crippen MR) is 75.7 cm³/mol. The summed E-state index contributed by atoms with van der Waals surface area (Å²) >= 11 is 0. The van der Waals surface area contributed by atoms with Crippen LogP contribution in [0.5, 0.6) is 17.2 Å². The molecule has 0 N–H and O–H groups in total. The molecular weight excluding hydrogens is 294 g/mol. The van der Waals surface area contributed by atoms with Gasteiger partial charge in [0.15, 0.2) is 6.61 Å². The van der Waals surface area contributed by atoms with Crippen LogP contribution < -0.4 is 14.2 Å². The van der Waals surface area contributed by atoms with E-state index in [4.69, 9.17) is 14.2 Å². The first-order valence-electron chi connectivity index (χ1n) is 6.38. The molecule has 0 unspecified atom stereocenters. The SMILES string of the molecule is COc1ccc(OCC(=O)c2c(F)cc(OC)cc2F)cc1. The van der Waals surface area contributed by atoms with Gasteiger partial charge in [-0.15, -0.1) is 0 Å². The van der Waals surface area contributed by atoms with Gasteiger partial charge in [-0.3, -0.25) is 4.79 Å². The fraction of sp³-hybridized carbons (Fsp3) is 0.188. The number of carbonyl (C=O) groups excluding carboxylic acids is 1. The molecule has 0 aliphatic heterocycles. The molecule has 0 amide bonds. The molecule has 0 radical (unpaired) electrons. The van der Waals surface area contributed by atoms with Gasteiger partial charge in [-0.25, -0.2) is 8.78 Å². The quantitative estimate of drug-likeness (QED) is 0.769. The summed E-state index contributed by atoms with van der Waals surface area (Å²) in [7, 11) is 2.80. The molecule has 0 aliphatic carbocycles. The van der Waals surface area contributed by atoms with Crippen molar-refractivity contribution in [2.75, 3.05) is 20.8 Å². The zero-order chi connectivity index (χ0) is 16.1. The lowest BCUT2D eigenvalue weighted by Crippen LogP contribution is -2.15. The van der Waals surface area contributed by atoms with Crippen molar-refractivity contribution in [2.45, 2.75) is 0 Å². The Labute approximate surface area is 126 Å². The van der Waals surface area contributed by atoms with Crippen LogP contribution in [0, 0.1) is 11.6 Å². The second-order valence-corrected chi connectivity index (χ2v) is 4.35. The van der Waals surface area contributed by atoms with Crippen LogP contribution >= 0.6 is 0 Å². The van der Waals surface area contributed by atoms with Crippen molar-refractivity contribution in [3.63, 3.8) is 0 Å². The summed E-state index contributed by atoms with van der Waals surface area (Å²) in [6.45, 7) is -0.480. The maximum Gasteiger partial charge on any atom is 0.206 e. The Kier molecular flexibility index (Phi) is 4.93. The van der Waals surface area contributed by atoms with E-state index in [-0.39, 0.29) is 5.75 Å². The van der Waals surface area contributed by atoms with E-state index in [9.17, 15) is 13.6 Å². The maximum atomic E-state index is 13.8. The van der Waals surface area contributed by atoms with Crippen molar-refractivity contribution in [2.24, 2.45) is 0 Å².